The molecule has 0 aliphatic carbocycles. The van der Waals surface area contributed by atoms with Gasteiger partial charge < -0.3 is 0 Å². The van der Waals surface area contributed by atoms with Crippen LogP contribution in [-0.4, -0.2) is 54.3 Å². The van der Waals surface area contributed by atoms with Crippen LogP contribution < -0.4 is 5.48 Å². The summed E-state index contributed by atoms with van der Waals surface area (Å²) >= 11 is 0. The van der Waals surface area contributed by atoms with E-state index in [0.717, 1.165) is 31.9 Å². The Kier molecular flexibility index (Phi) is 2.89. The molecule has 2 N–H and O–H groups in total. The molecule has 0 amide bonds. The molecular weight excluding hydrogens is 214 g/mol. The van der Waals surface area contributed by atoms with Gasteiger partial charge in [-0.15, -0.1) is 0 Å². The third kappa shape index (κ3) is 1.79. The molecule has 4 aliphatic heterocycles. The van der Waals surface area contributed by atoms with Gasteiger partial charge in [0.1, 0.15) is 0 Å². The highest BCUT2D eigenvalue weighted by Gasteiger charge is 2.47. The van der Waals surface area contributed by atoms with Gasteiger partial charge in [0.25, 0.3) is 0 Å². The molecule has 4 heteroatoms. The molecule has 0 aromatic heterocycles. The zero-order valence-electron chi connectivity index (χ0n) is 10.7. The van der Waals surface area contributed by atoms with Crippen molar-refractivity contribution in [2.24, 2.45) is 5.41 Å². The number of unbranched alkanes of at least 4 members (excludes halogenated alkanes) is 1. The van der Waals surface area contributed by atoms with Gasteiger partial charge in [0.15, 0.2) is 0 Å². The molecule has 2 unspecified atom stereocenters. The van der Waals surface area contributed by atoms with Gasteiger partial charge >= 0.3 is 0 Å². The average molecular weight is 237 g/mol. The van der Waals surface area contributed by atoms with Crippen LogP contribution in [0.3, 0.4) is 0 Å². The Balaban J connectivity index is 1.96. The Morgan fingerprint density at radius 3 is 2.41 bits per heavy atom. The first-order valence-electron chi connectivity index (χ1n) is 6.85. The second-order valence-corrected chi connectivity index (χ2v) is 5.90. The lowest BCUT2D eigenvalue weighted by Crippen LogP contribution is -2.54. The van der Waals surface area contributed by atoms with Crippen LogP contribution >= 0.6 is 0 Å². The minimum absolute atomic E-state index is 0.174. The highest BCUT2D eigenvalue weighted by atomic mass is 16.5. The number of hydrogen-bond acceptors (Lipinski definition) is 4. The first kappa shape index (κ1) is 11.5. The minimum atomic E-state index is 0.174. The second-order valence-electron chi connectivity index (χ2n) is 5.90. The minimum Gasteiger partial charge on any atom is -0.297 e. The monoisotopic (exact) mass is 237 g/mol. The first-order valence-corrected chi connectivity index (χ1v) is 6.85. The summed E-state index contributed by atoms with van der Waals surface area (Å²) in [5, 5.41) is 9.51. The van der Waals surface area contributed by atoms with Crippen molar-refractivity contribution < 1.29 is 5.21 Å². The number of nitrogens with zero attached hydrogens (tertiary/aromatic N) is 2. The molecule has 0 radical (unpaired) electrons. The van der Waals surface area contributed by atoms with Crippen molar-refractivity contribution in [2.45, 2.75) is 26.2 Å². The lowest BCUT2D eigenvalue weighted by atomic mass is 9.73. The molecule has 4 nitrogen and oxygen atoms in total. The molecule has 2 atom stereocenters. The fourth-order valence-electron chi connectivity index (χ4n) is 3.89. The third-order valence-electron chi connectivity index (χ3n) is 4.62. The highest BCUT2D eigenvalue weighted by Crippen LogP contribution is 2.43. The van der Waals surface area contributed by atoms with Crippen LogP contribution in [0.5, 0.6) is 0 Å². The quantitative estimate of drug-likeness (QED) is 0.717. The van der Waals surface area contributed by atoms with Gasteiger partial charge in [-0.2, -0.15) is 0 Å². The second kappa shape index (κ2) is 4.26. The molecule has 4 rings (SSSR count). The average Bonchev–Trinajstić information content (AvgIpc) is 2.55. The summed E-state index contributed by atoms with van der Waals surface area (Å²) in [6, 6.07) is 0. The van der Waals surface area contributed by atoms with Gasteiger partial charge in [-0.25, -0.2) is 0 Å². The normalized spacial score (nSPS) is 39.6. The van der Waals surface area contributed by atoms with Crippen molar-refractivity contribution in [3.05, 3.63) is 11.3 Å². The van der Waals surface area contributed by atoms with E-state index in [0.29, 0.717) is 0 Å². The van der Waals surface area contributed by atoms with Crippen molar-refractivity contribution in [2.75, 3.05) is 39.3 Å². The van der Waals surface area contributed by atoms with Crippen LogP contribution in [0.25, 0.3) is 0 Å². The van der Waals surface area contributed by atoms with E-state index in [1.807, 2.05) is 0 Å². The molecule has 17 heavy (non-hydrogen) atoms. The summed E-state index contributed by atoms with van der Waals surface area (Å²) in [7, 11) is 0. The summed E-state index contributed by atoms with van der Waals surface area (Å²) in [5.74, 6) is 0. The van der Waals surface area contributed by atoms with E-state index < -0.39 is 0 Å². The van der Waals surface area contributed by atoms with Gasteiger partial charge in [0.2, 0.25) is 0 Å². The van der Waals surface area contributed by atoms with E-state index in [9.17, 15) is 5.21 Å². The van der Waals surface area contributed by atoms with Crippen molar-refractivity contribution in [3.8, 4) is 0 Å². The van der Waals surface area contributed by atoms with Gasteiger partial charge in [0, 0.05) is 50.4 Å². The predicted molar refractivity (Wildman–Crippen MR) is 66.8 cm³/mol. The maximum Gasteiger partial charge on any atom is 0.0481 e. The van der Waals surface area contributed by atoms with Gasteiger partial charge in [-0.1, -0.05) is 19.8 Å². The lowest BCUT2D eigenvalue weighted by molar-refractivity contribution is 0.0769. The molecular formula is C13H23N3O. The number of fused-ring (bicyclic) bond motifs is 1. The number of nitrogens with one attached hydrogen (secondary N) is 1. The van der Waals surface area contributed by atoms with Crippen LogP contribution in [0, 0.1) is 5.41 Å². The van der Waals surface area contributed by atoms with Crippen LogP contribution in [0.1, 0.15) is 26.2 Å². The SMILES string of the molecule is CCCCC12CN3CCN(CC(=C1NO)C3)C2. The molecule has 0 spiro atoms. The van der Waals surface area contributed by atoms with Crippen LogP contribution in [0.4, 0.5) is 0 Å². The summed E-state index contributed by atoms with van der Waals surface area (Å²) in [4.78, 5) is 5.14. The Morgan fingerprint density at radius 1 is 1.24 bits per heavy atom. The molecule has 2 fully saturated rings. The largest absolute Gasteiger partial charge is 0.297 e. The Hall–Kier alpha value is -0.580. The fourth-order valence-corrected chi connectivity index (χ4v) is 3.89. The van der Waals surface area contributed by atoms with Crippen molar-refractivity contribution >= 4 is 0 Å². The van der Waals surface area contributed by atoms with Gasteiger partial charge in [0.05, 0.1) is 0 Å². The van der Waals surface area contributed by atoms with Crippen LogP contribution in [0.15, 0.2) is 11.3 Å². The number of rotatable bonds is 4. The number of hydroxylamine groups is 1. The smallest absolute Gasteiger partial charge is 0.0481 e. The Morgan fingerprint density at radius 2 is 1.88 bits per heavy atom. The molecule has 4 aliphatic rings. The van der Waals surface area contributed by atoms with E-state index in [2.05, 4.69) is 22.2 Å². The van der Waals surface area contributed by atoms with Gasteiger partial charge in [-0.3, -0.25) is 20.5 Å². The zero-order valence-corrected chi connectivity index (χ0v) is 10.7. The van der Waals surface area contributed by atoms with E-state index in [-0.39, 0.29) is 5.41 Å². The van der Waals surface area contributed by atoms with E-state index >= 15 is 0 Å². The summed E-state index contributed by atoms with van der Waals surface area (Å²) in [5.41, 5.74) is 5.29. The molecule has 0 saturated carbocycles. The number of hydrogen-bond donors (Lipinski definition) is 2. The summed E-state index contributed by atoms with van der Waals surface area (Å²) in [6.07, 6.45) is 3.68. The highest BCUT2D eigenvalue weighted by molar-refractivity contribution is 5.31. The van der Waals surface area contributed by atoms with Crippen molar-refractivity contribution in [1.82, 2.24) is 15.3 Å². The molecule has 2 saturated heterocycles. The van der Waals surface area contributed by atoms with Crippen LogP contribution in [0.2, 0.25) is 0 Å². The fraction of sp³-hybridized carbons (Fsp3) is 0.846. The molecule has 4 bridgehead atoms. The standard InChI is InChI=1S/C13H23N3O/c1-2-3-4-13-9-15-5-6-16(10-13)8-11(7-15)12(13)14-17/h14,17H,2-10H2,1H3. The van der Waals surface area contributed by atoms with Gasteiger partial charge in [-0.05, 0) is 12.0 Å². The van der Waals surface area contributed by atoms with Crippen molar-refractivity contribution in [3.63, 3.8) is 0 Å². The lowest BCUT2D eigenvalue weighted by Gasteiger charge is -2.48. The molecule has 0 aromatic carbocycles. The van der Waals surface area contributed by atoms with Crippen LogP contribution in [-0.2, 0) is 0 Å². The van der Waals surface area contributed by atoms with E-state index in [1.54, 1.807) is 0 Å². The van der Waals surface area contributed by atoms with E-state index in [1.165, 1.54) is 37.9 Å². The topological polar surface area (TPSA) is 38.7 Å². The molecule has 96 valence electrons. The summed E-state index contributed by atoms with van der Waals surface area (Å²) in [6.45, 7) is 8.96. The summed E-state index contributed by atoms with van der Waals surface area (Å²) < 4.78 is 0. The third-order valence-corrected chi connectivity index (χ3v) is 4.62. The first-order chi connectivity index (χ1) is 8.27. The molecule has 0 aromatic rings. The maximum atomic E-state index is 9.51. The molecule has 4 heterocycles. The predicted octanol–water partition coefficient (Wildman–Crippen LogP) is 1.04. The van der Waals surface area contributed by atoms with E-state index in [4.69, 9.17) is 0 Å². The zero-order chi connectivity index (χ0) is 11.9. The van der Waals surface area contributed by atoms with Crippen molar-refractivity contribution in [1.29, 1.82) is 0 Å². The maximum absolute atomic E-state index is 9.51. The Labute approximate surface area is 103 Å². The Bertz CT molecular complexity index is 322.